The minimum atomic E-state index is 0.197. The molecule has 2 rings (SSSR count). The summed E-state index contributed by atoms with van der Waals surface area (Å²) in [6, 6.07) is 15.3. The van der Waals surface area contributed by atoms with Crippen molar-refractivity contribution >= 4 is 45.1 Å². The van der Waals surface area contributed by atoms with Crippen LogP contribution in [-0.2, 0) is 11.2 Å². The van der Waals surface area contributed by atoms with Crippen LogP contribution in [0.1, 0.15) is 5.56 Å². The van der Waals surface area contributed by atoms with E-state index in [9.17, 15) is 4.79 Å². The highest BCUT2D eigenvalue weighted by molar-refractivity contribution is 9.10. The maximum atomic E-state index is 11.9. The lowest BCUT2D eigenvalue weighted by molar-refractivity contribution is -0.116. The number of rotatable bonds is 5. The van der Waals surface area contributed by atoms with Gasteiger partial charge in [-0.1, -0.05) is 35.9 Å². The third-order valence-electron chi connectivity index (χ3n) is 2.52. The molecule has 1 nitrogen and oxygen atoms in total. The van der Waals surface area contributed by atoms with Crippen molar-refractivity contribution in [2.24, 2.45) is 0 Å². The molecule has 0 fully saturated rings. The topological polar surface area (TPSA) is 17.1 Å². The Morgan fingerprint density at radius 3 is 2.68 bits per heavy atom. The largest absolute Gasteiger partial charge is 0.298 e. The lowest BCUT2D eigenvalue weighted by Gasteiger charge is -2.04. The van der Waals surface area contributed by atoms with Crippen molar-refractivity contribution in [3.8, 4) is 0 Å². The Bertz CT molecular complexity index is 586. The normalized spacial score (nSPS) is 10.4. The number of halogens is 2. The number of ketones is 1. The second-order valence-electron chi connectivity index (χ2n) is 4.06. The van der Waals surface area contributed by atoms with E-state index in [0.717, 1.165) is 14.9 Å². The molecular weight excluding hydrogens is 344 g/mol. The van der Waals surface area contributed by atoms with Gasteiger partial charge in [0.2, 0.25) is 0 Å². The van der Waals surface area contributed by atoms with E-state index in [1.54, 1.807) is 11.8 Å². The summed E-state index contributed by atoms with van der Waals surface area (Å²) in [5.74, 6) is 0.665. The molecule has 0 aliphatic heterocycles. The fourth-order valence-corrected chi connectivity index (χ4v) is 3.29. The molecule has 0 N–H and O–H groups in total. The Balaban J connectivity index is 1.90. The summed E-state index contributed by atoms with van der Waals surface area (Å²) in [6.45, 7) is 0. The fraction of sp³-hybridized carbons (Fsp3) is 0.133. The number of benzene rings is 2. The second-order valence-corrected chi connectivity index (χ2v) is 6.37. The van der Waals surface area contributed by atoms with Crippen LogP contribution in [0.5, 0.6) is 0 Å². The smallest absolute Gasteiger partial charge is 0.147 e. The molecular formula is C15H12BrClOS. The van der Waals surface area contributed by atoms with E-state index in [4.69, 9.17) is 11.6 Å². The van der Waals surface area contributed by atoms with E-state index in [1.807, 2.05) is 48.5 Å². The van der Waals surface area contributed by atoms with E-state index in [2.05, 4.69) is 15.9 Å². The molecule has 0 aliphatic rings. The average molecular weight is 356 g/mol. The van der Waals surface area contributed by atoms with Crippen molar-refractivity contribution in [2.45, 2.75) is 11.3 Å². The van der Waals surface area contributed by atoms with Crippen LogP contribution in [0.4, 0.5) is 0 Å². The first-order valence-electron chi connectivity index (χ1n) is 5.78. The van der Waals surface area contributed by atoms with Gasteiger partial charge in [0.15, 0.2) is 0 Å². The Kier molecular flexibility index (Phi) is 5.49. The first-order valence-corrected chi connectivity index (χ1v) is 7.94. The summed E-state index contributed by atoms with van der Waals surface area (Å²) in [6.07, 6.45) is 0.429. The third kappa shape index (κ3) is 4.68. The minimum absolute atomic E-state index is 0.197. The molecule has 2 aromatic carbocycles. The predicted octanol–water partition coefficient (Wildman–Crippen LogP) is 5.01. The molecule has 0 unspecified atom stereocenters. The molecule has 0 radical (unpaired) electrons. The van der Waals surface area contributed by atoms with Crippen molar-refractivity contribution in [1.82, 2.24) is 0 Å². The van der Waals surface area contributed by atoms with Gasteiger partial charge in [0, 0.05) is 20.8 Å². The highest BCUT2D eigenvalue weighted by Crippen LogP contribution is 2.27. The monoisotopic (exact) mass is 354 g/mol. The molecule has 2 aromatic rings. The summed E-state index contributed by atoms with van der Waals surface area (Å²) in [5.41, 5.74) is 0.963. The first-order chi connectivity index (χ1) is 9.15. The molecule has 0 bridgehead atoms. The third-order valence-corrected chi connectivity index (χ3v) is 4.84. The maximum absolute atomic E-state index is 11.9. The lowest BCUT2D eigenvalue weighted by atomic mass is 10.1. The van der Waals surface area contributed by atoms with Gasteiger partial charge in [-0.05, 0) is 45.8 Å². The highest BCUT2D eigenvalue weighted by Gasteiger charge is 2.07. The van der Waals surface area contributed by atoms with Crippen LogP contribution in [0, 0.1) is 0 Å². The molecule has 4 heteroatoms. The van der Waals surface area contributed by atoms with Gasteiger partial charge >= 0.3 is 0 Å². The number of hydrogen-bond acceptors (Lipinski definition) is 2. The first kappa shape index (κ1) is 14.6. The van der Waals surface area contributed by atoms with Crippen molar-refractivity contribution in [1.29, 1.82) is 0 Å². The molecule has 19 heavy (non-hydrogen) atoms. The summed E-state index contributed by atoms with van der Waals surface area (Å²) < 4.78 is 1.02. The van der Waals surface area contributed by atoms with Crippen molar-refractivity contribution in [3.63, 3.8) is 0 Å². The van der Waals surface area contributed by atoms with Gasteiger partial charge in [0.05, 0.1) is 5.75 Å². The van der Waals surface area contributed by atoms with Gasteiger partial charge in [0.25, 0.3) is 0 Å². The summed E-state index contributed by atoms with van der Waals surface area (Å²) in [4.78, 5) is 13.0. The Morgan fingerprint density at radius 2 is 1.95 bits per heavy atom. The SMILES string of the molecule is O=C(CSc1ccccc1Br)Cc1cccc(Cl)c1. The van der Waals surface area contributed by atoms with E-state index >= 15 is 0 Å². The second kappa shape index (κ2) is 7.13. The molecule has 0 amide bonds. The molecule has 0 spiro atoms. The van der Waals surface area contributed by atoms with Gasteiger partial charge in [-0.25, -0.2) is 0 Å². The Morgan fingerprint density at radius 1 is 1.16 bits per heavy atom. The standard InChI is InChI=1S/C15H12BrClOS/c16-14-6-1-2-7-15(14)19-10-13(18)9-11-4-3-5-12(17)8-11/h1-8H,9-10H2. The molecule has 98 valence electrons. The quantitative estimate of drug-likeness (QED) is 0.702. The van der Waals surface area contributed by atoms with E-state index in [0.29, 0.717) is 17.2 Å². The maximum Gasteiger partial charge on any atom is 0.147 e. The predicted molar refractivity (Wildman–Crippen MR) is 85.0 cm³/mol. The number of carbonyl (C=O) groups excluding carboxylic acids is 1. The lowest BCUT2D eigenvalue weighted by Crippen LogP contribution is -2.05. The molecule has 0 aromatic heterocycles. The zero-order chi connectivity index (χ0) is 13.7. The molecule has 0 atom stereocenters. The van der Waals surface area contributed by atoms with Gasteiger partial charge in [-0.3, -0.25) is 4.79 Å². The summed E-state index contributed by atoms with van der Waals surface area (Å²) >= 11 is 10.9. The van der Waals surface area contributed by atoms with Crippen LogP contribution in [-0.4, -0.2) is 11.5 Å². The van der Waals surface area contributed by atoms with Gasteiger partial charge < -0.3 is 0 Å². The minimum Gasteiger partial charge on any atom is -0.298 e. The Labute approximate surface area is 130 Å². The molecule has 0 heterocycles. The van der Waals surface area contributed by atoms with E-state index in [-0.39, 0.29) is 5.78 Å². The Hall–Kier alpha value is -0.770. The van der Waals surface area contributed by atoms with Gasteiger partial charge in [-0.2, -0.15) is 0 Å². The fourth-order valence-electron chi connectivity index (χ4n) is 1.65. The number of thioether (sulfide) groups is 1. The van der Waals surface area contributed by atoms with Crippen LogP contribution >= 0.6 is 39.3 Å². The highest BCUT2D eigenvalue weighted by atomic mass is 79.9. The average Bonchev–Trinajstić information content (AvgIpc) is 2.38. The number of Topliss-reactive ketones (excluding diaryl/α,β-unsaturated/α-hetero) is 1. The summed E-state index contributed by atoms with van der Waals surface area (Å²) in [5, 5.41) is 0.670. The zero-order valence-electron chi connectivity index (χ0n) is 10.1. The molecule has 0 saturated heterocycles. The summed E-state index contributed by atoms with van der Waals surface area (Å²) in [7, 11) is 0. The van der Waals surface area contributed by atoms with Crippen LogP contribution in [0.15, 0.2) is 57.9 Å². The number of hydrogen-bond donors (Lipinski definition) is 0. The number of carbonyl (C=O) groups is 1. The van der Waals surface area contributed by atoms with Crippen LogP contribution in [0.25, 0.3) is 0 Å². The van der Waals surface area contributed by atoms with Crippen molar-refractivity contribution in [2.75, 3.05) is 5.75 Å². The molecule has 0 aliphatic carbocycles. The van der Waals surface area contributed by atoms with Gasteiger partial charge in [0.1, 0.15) is 5.78 Å². The zero-order valence-corrected chi connectivity index (χ0v) is 13.3. The van der Waals surface area contributed by atoms with E-state index in [1.165, 1.54) is 0 Å². The van der Waals surface area contributed by atoms with Gasteiger partial charge in [-0.15, -0.1) is 11.8 Å². The molecule has 0 saturated carbocycles. The van der Waals surface area contributed by atoms with Crippen LogP contribution < -0.4 is 0 Å². The van der Waals surface area contributed by atoms with E-state index < -0.39 is 0 Å². The van der Waals surface area contributed by atoms with Crippen molar-refractivity contribution < 1.29 is 4.79 Å². The van der Waals surface area contributed by atoms with Crippen LogP contribution in [0.3, 0.4) is 0 Å². The van der Waals surface area contributed by atoms with Crippen molar-refractivity contribution in [3.05, 3.63) is 63.6 Å². The van der Waals surface area contributed by atoms with Crippen LogP contribution in [0.2, 0.25) is 5.02 Å².